The third-order valence-corrected chi connectivity index (χ3v) is 5.23. The lowest BCUT2D eigenvalue weighted by molar-refractivity contribution is -0.120. The molecule has 0 radical (unpaired) electrons. The SMILES string of the molecule is CCNC(=NCc1ccnc(OCC2CC2)c1)N1CCN(c2cnn(C)c2)C(=O)C1. The first-order valence-electron chi connectivity index (χ1n) is 10.5. The van der Waals surface area contributed by atoms with E-state index in [1.807, 2.05) is 37.2 Å². The van der Waals surface area contributed by atoms with E-state index in [1.165, 1.54) is 12.8 Å². The van der Waals surface area contributed by atoms with Gasteiger partial charge in [0.15, 0.2) is 5.96 Å². The van der Waals surface area contributed by atoms with E-state index in [0.717, 1.165) is 30.4 Å². The van der Waals surface area contributed by atoms with E-state index in [1.54, 1.807) is 22.0 Å². The van der Waals surface area contributed by atoms with Gasteiger partial charge in [0.25, 0.3) is 0 Å². The molecule has 4 rings (SSSR count). The van der Waals surface area contributed by atoms with Gasteiger partial charge < -0.3 is 19.9 Å². The van der Waals surface area contributed by atoms with Crippen molar-refractivity contribution in [2.24, 2.45) is 18.0 Å². The molecule has 0 bridgehead atoms. The zero-order valence-corrected chi connectivity index (χ0v) is 17.6. The first-order chi connectivity index (χ1) is 14.6. The number of pyridine rings is 1. The summed E-state index contributed by atoms with van der Waals surface area (Å²) in [6.07, 6.45) is 7.85. The minimum absolute atomic E-state index is 0.0412. The van der Waals surface area contributed by atoms with Crippen LogP contribution in [0.4, 0.5) is 5.69 Å². The van der Waals surface area contributed by atoms with Gasteiger partial charge in [0.2, 0.25) is 11.8 Å². The molecule has 0 unspecified atom stereocenters. The Morgan fingerprint density at radius 3 is 2.93 bits per heavy atom. The number of aryl methyl sites for hydroxylation is 1. The number of piperazine rings is 1. The van der Waals surface area contributed by atoms with Gasteiger partial charge in [-0.3, -0.25) is 9.48 Å². The number of carbonyl (C=O) groups excluding carboxylic acids is 1. The quantitative estimate of drug-likeness (QED) is 0.548. The number of anilines is 1. The lowest BCUT2D eigenvalue weighted by Gasteiger charge is -2.35. The number of aliphatic imine (C=N–C) groups is 1. The smallest absolute Gasteiger partial charge is 0.246 e. The fourth-order valence-electron chi connectivity index (χ4n) is 3.38. The minimum atomic E-state index is 0.0412. The number of nitrogens with one attached hydrogen (secondary N) is 1. The molecule has 2 aromatic rings. The molecule has 3 heterocycles. The Labute approximate surface area is 176 Å². The second-order valence-electron chi connectivity index (χ2n) is 7.77. The van der Waals surface area contributed by atoms with E-state index in [-0.39, 0.29) is 12.5 Å². The van der Waals surface area contributed by atoms with Crippen LogP contribution in [0, 0.1) is 5.92 Å². The molecule has 1 saturated carbocycles. The van der Waals surface area contributed by atoms with Gasteiger partial charge in [0.1, 0.15) is 6.54 Å². The molecule has 1 N–H and O–H groups in total. The highest BCUT2D eigenvalue weighted by Gasteiger charge is 2.27. The zero-order valence-electron chi connectivity index (χ0n) is 17.6. The van der Waals surface area contributed by atoms with Crippen molar-refractivity contribution >= 4 is 17.6 Å². The van der Waals surface area contributed by atoms with E-state index in [0.29, 0.717) is 31.4 Å². The highest BCUT2D eigenvalue weighted by atomic mass is 16.5. The van der Waals surface area contributed by atoms with Crippen LogP contribution in [-0.4, -0.2) is 64.3 Å². The first kappa shape index (κ1) is 20.2. The summed E-state index contributed by atoms with van der Waals surface area (Å²) in [6, 6.07) is 3.89. The summed E-state index contributed by atoms with van der Waals surface area (Å²) >= 11 is 0. The van der Waals surface area contributed by atoms with E-state index >= 15 is 0 Å². The summed E-state index contributed by atoms with van der Waals surface area (Å²) < 4.78 is 7.47. The molecule has 160 valence electrons. The second-order valence-corrected chi connectivity index (χ2v) is 7.77. The van der Waals surface area contributed by atoms with Crippen molar-refractivity contribution in [1.29, 1.82) is 0 Å². The van der Waals surface area contributed by atoms with Crippen LogP contribution in [0.1, 0.15) is 25.3 Å². The van der Waals surface area contributed by atoms with Gasteiger partial charge in [0.05, 0.1) is 25.0 Å². The molecular weight excluding hydrogens is 382 g/mol. The number of rotatable bonds is 7. The third kappa shape index (κ3) is 5.08. The molecule has 30 heavy (non-hydrogen) atoms. The van der Waals surface area contributed by atoms with Crippen LogP contribution >= 0.6 is 0 Å². The van der Waals surface area contributed by atoms with Crippen molar-refractivity contribution in [1.82, 2.24) is 25.0 Å². The summed E-state index contributed by atoms with van der Waals surface area (Å²) in [4.78, 5) is 25.5. The molecule has 1 amide bonds. The molecule has 1 aliphatic heterocycles. The van der Waals surface area contributed by atoms with Crippen molar-refractivity contribution < 1.29 is 9.53 Å². The van der Waals surface area contributed by atoms with E-state index in [4.69, 9.17) is 9.73 Å². The third-order valence-electron chi connectivity index (χ3n) is 5.23. The molecule has 1 aliphatic carbocycles. The molecule has 9 heteroatoms. The number of amides is 1. The topological polar surface area (TPSA) is 87.9 Å². The highest BCUT2D eigenvalue weighted by molar-refractivity contribution is 5.98. The van der Waals surface area contributed by atoms with Gasteiger partial charge in [-0.2, -0.15) is 5.10 Å². The summed E-state index contributed by atoms with van der Waals surface area (Å²) in [5.74, 6) is 2.13. The Kier molecular flexibility index (Phi) is 6.15. The number of aromatic nitrogens is 3. The predicted octanol–water partition coefficient (Wildman–Crippen LogP) is 1.42. The van der Waals surface area contributed by atoms with E-state index < -0.39 is 0 Å². The van der Waals surface area contributed by atoms with Gasteiger partial charge in [-0.1, -0.05) is 0 Å². The molecule has 1 saturated heterocycles. The summed E-state index contributed by atoms with van der Waals surface area (Å²) in [6.45, 7) is 5.60. The van der Waals surface area contributed by atoms with Crippen molar-refractivity contribution in [2.45, 2.75) is 26.3 Å². The second kappa shape index (κ2) is 9.15. The zero-order chi connectivity index (χ0) is 20.9. The maximum absolute atomic E-state index is 12.7. The summed E-state index contributed by atoms with van der Waals surface area (Å²) in [5, 5.41) is 7.47. The Bertz CT molecular complexity index is 906. The minimum Gasteiger partial charge on any atom is -0.477 e. The van der Waals surface area contributed by atoms with Crippen molar-refractivity contribution in [2.75, 3.05) is 37.7 Å². The van der Waals surface area contributed by atoms with Gasteiger partial charge in [0, 0.05) is 45.1 Å². The van der Waals surface area contributed by atoms with Crippen LogP contribution in [-0.2, 0) is 18.4 Å². The lowest BCUT2D eigenvalue weighted by Crippen LogP contribution is -2.55. The van der Waals surface area contributed by atoms with Crippen LogP contribution in [0.25, 0.3) is 0 Å². The Morgan fingerprint density at radius 1 is 1.37 bits per heavy atom. The van der Waals surface area contributed by atoms with Gasteiger partial charge in [-0.05, 0) is 37.3 Å². The Hall–Kier alpha value is -3.10. The molecule has 2 aliphatic rings. The Morgan fingerprint density at radius 2 is 2.23 bits per heavy atom. The maximum atomic E-state index is 12.7. The monoisotopic (exact) mass is 411 g/mol. The fraction of sp³-hybridized carbons (Fsp3) is 0.524. The molecule has 0 atom stereocenters. The number of guanidine groups is 1. The normalized spacial score (nSPS) is 17.4. The number of hydrogen-bond acceptors (Lipinski definition) is 5. The molecule has 0 aromatic carbocycles. The fourth-order valence-corrected chi connectivity index (χ4v) is 3.38. The van der Waals surface area contributed by atoms with Crippen LogP contribution in [0.15, 0.2) is 35.7 Å². The number of nitrogens with zero attached hydrogens (tertiary/aromatic N) is 6. The van der Waals surface area contributed by atoms with Crippen LogP contribution in [0.5, 0.6) is 5.88 Å². The molecular formula is C21H29N7O2. The van der Waals surface area contributed by atoms with E-state index in [9.17, 15) is 4.79 Å². The van der Waals surface area contributed by atoms with Crippen LogP contribution < -0.4 is 15.0 Å². The first-order valence-corrected chi connectivity index (χ1v) is 10.5. The van der Waals surface area contributed by atoms with Crippen molar-refractivity contribution in [3.05, 3.63) is 36.3 Å². The number of ether oxygens (including phenoxy) is 1. The van der Waals surface area contributed by atoms with Crippen molar-refractivity contribution in [3.8, 4) is 5.88 Å². The van der Waals surface area contributed by atoms with Crippen LogP contribution in [0.2, 0.25) is 0 Å². The molecule has 2 aromatic heterocycles. The summed E-state index contributed by atoms with van der Waals surface area (Å²) in [5.41, 5.74) is 1.87. The number of hydrogen-bond donors (Lipinski definition) is 1. The number of carbonyl (C=O) groups is 1. The summed E-state index contributed by atoms with van der Waals surface area (Å²) in [7, 11) is 1.85. The molecule has 0 spiro atoms. The Balaban J connectivity index is 1.39. The lowest BCUT2D eigenvalue weighted by atomic mass is 10.2. The standard InChI is InChI=1S/C21H29N7O2/c1-3-22-21(24-11-17-6-7-23-19(10-17)30-15-16-4-5-16)27-8-9-28(20(29)14-27)18-12-25-26(2)13-18/h6-7,10,12-13,16H,3-5,8-9,11,14-15H2,1-2H3,(H,22,24). The largest absolute Gasteiger partial charge is 0.477 e. The average Bonchev–Trinajstić information content (AvgIpc) is 3.49. The van der Waals surface area contributed by atoms with Gasteiger partial charge in [-0.15, -0.1) is 0 Å². The predicted molar refractivity (Wildman–Crippen MR) is 114 cm³/mol. The van der Waals surface area contributed by atoms with Gasteiger partial charge >= 0.3 is 0 Å². The van der Waals surface area contributed by atoms with E-state index in [2.05, 4.69) is 15.4 Å². The van der Waals surface area contributed by atoms with Crippen LogP contribution in [0.3, 0.4) is 0 Å². The maximum Gasteiger partial charge on any atom is 0.246 e. The molecule has 9 nitrogen and oxygen atoms in total. The van der Waals surface area contributed by atoms with Crippen molar-refractivity contribution in [3.63, 3.8) is 0 Å². The average molecular weight is 412 g/mol. The molecule has 2 fully saturated rings. The highest BCUT2D eigenvalue weighted by Crippen LogP contribution is 2.29. The van der Waals surface area contributed by atoms with Gasteiger partial charge in [-0.25, -0.2) is 9.98 Å².